The van der Waals surface area contributed by atoms with Crippen LogP contribution in [0.5, 0.6) is 0 Å². The monoisotopic (exact) mass is 181 g/mol. The average Bonchev–Trinajstić information content (AvgIpc) is 1.80. The van der Waals surface area contributed by atoms with Crippen molar-refractivity contribution in [2.24, 2.45) is 0 Å². The zero-order valence-corrected chi connectivity index (χ0v) is 9.17. The Hall–Kier alpha value is 0.530. The Morgan fingerprint density at radius 1 is 1.40 bits per heavy atom. The van der Waals surface area contributed by atoms with E-state index in [9.17, 15) is 0 Å². The van der Waals surface area contributed by atoms with E-state index >= 15 is 0 Å². The molecule has 2 N–H and O–H groups in total. The Labute approximate surface area is 92.6 Å². The molecule has 0 aliphatic carbocycles. The molecule has 10 heavy (non-hydrogen) atoms. The van der Waals surface area contributed by atoms with Gasteiger partial charge in [0.2, 0.25) is 0 Å². The first kappa shape index (κ1) is 10.5. The van der Waals surface area contributed by atoms with Crippen LogP contribution in [0.25, 0.3) is 0 Å². The van der Waals surface area contributed by atoms with E-state index in [0.717, 1.165) is 0 Å². The van der Waals surface area contributed by atoms with Crippen LogP contribution in [0.1, 0.15) is 0 Å². The number of hydrogen-bond donors (Lipinski definition) is 1. The van der Waals surface area contributed by atoms with Crippen molar-refractivity contribution in [1.82, 2.24) is 0 Å². The molecule has 0 fully saturated rings. The second kappa shape index (κ2) is 4.42. The van der Waals surface area contributed by atoms with Gasteiger partial charge in [-0.05, 0) is 12.1 Å². The Bertz CT molecular complexity index is 229. The molecule has 0 aromatic heterocycles. The van der Waals surface area contributed by atoms with Crippen molar-refractivity contribution in [3.8, 4) is 0 Å². The summed E-state index contributed by atoms with van der Waals surface area (Å²) in [5, 5.41) is 0.626. The molecule has 0 saturated carbocycles. The number of rotatable bonds is 0. The van der Waals surface area contributed by atoms with Crippen LogP contribution in [-0.4, -0.2) is 0 Å². The first-order valence-corrected chi connectivity index (χ1v) is 3.21. The van der Waals surface area contributed by atoms with E-state index in [0.29, 0.717) is 15.6 Å². The van der Waals surface area contributed by atoms with Gasteiger partial charge < -0.3 is 18.4 Å². The summed E-state index contributed by atoms with van der Waals surface area (Å²) in [4.78, 5) is 0.652. The van der Waals surface area contributed by atoms with Crippen LogP contribution in [0, 0.1) is 0 Å². The number of benzene rings is 1. The summed E-state index contributed by atoms with van der Waals surface area (Å²) in [7, 11) is 0. The van der Waals surface area contributed by atoms with Gasteiger partial charge in [-0.2, -0.15) is 4.90 Å². The Balaban J connectivity index is 0.000000810. The number of anilines is 1. The van der Waals surface area contributed by atoms with Crippen LogP contribution >= 0.6 is 11.6 Å². The van der Waals surface area contributed by atoms with E-state index in [4.69, 9.17) is 30.0 Å². The fourth-order valence-corrected chi connectivity index (χ4v) is 0.827. The second-order valence-electron chi connectivity index (χ2n) is 1.68. The van der Waals surface area contributed by atoms with Gasteiger partial charge >= 0.3 is 29.6 Å². The molecule has 0 saturated heterocycles. The van der Waals surface area contributed by atoms with Gasteiger partial charge in [-0.15, -0.1) is 0 Å². The fraction of sp³-hybridized carbons (Fsp3) is 0. The van der Waals surface area contributed by atoms with Crippen molar-refractivity contribution in [1.29, 1.82) is 0 Å². The molecular formula is C6H5ClNNaS. The van der Waals surface area contributed by atoms with Gasteiger partial charge in [0.15, 0.2) is 0 Å². The molecule has 1 nitrogen and oxygen atoms in total. The number of halogens is 1. The molecule has 1 aromatic rings. The maximum atomic E-state index is 5.59. The van der Waals surface area contributed by atoms with Crippen molar-refractivity contribution >= 4 is 29.9 Å². The van der Waals surface area contributed by atoms with E-state index in [1.54, 1.807) is 18.2 Å². The first-order valence-electron chi connectivity index (χ1n) is 2.42. The largest absolute Gasteiger partial charge is 1.00 e. The van der Waals surface area contributed by atoms with E-state index < -0.39 is 0 Å². The number of nitrogen functional groups attached to an aromatic ring is 1. The third-order valence-electron chi connectivity index (χ3n) is 0.972. The summed E-state index contributed by atoms with van der Waals surface area (Å²) in [6, 6.07) is 5.08. The molecule has 1 aromatic carbocycles. The first-order chi connectivity index (χ1) is 4.20. The molecule has 4 heteroatoms. The van der Waals surface area contributed by atoms with Gasteiger partial charge in [0.05, 0.1) is 0 Å². The van der Waals surface area contributed by atoms with Crippen LogP contribution in [0.2, 0.25) is 5.02 Å². The molecule has 1 rings (SSSR count). The van der Waals surface area contributed by atoms with Gasteiger partial charge in [0, 0.05) is 10.7 Å². The predicted octanol–water partition coefficient (Wildman–Crippen LogP) is -1.17. The quantitative estimate of drug-likeness (QED) is 0.310. The molecule has 0 aliphatic rings. The van der Waals surface area contributed by atoms with Crippen molar-refractivity contribution in [3.05, 3.63) is 23.2 Å². The molecule has 0 atom stereocenters. The molecular weight excluding hydrogens is 177 g/mol. The van der Waals surface area contributed by atoms with Crippen molar-refractivity contribution in [2.75, 3.05) is 5.73 Å². The normalized spacial score (nSPS) is 8.50. The molecule has 0 radical (unpaired) electrons. The number of hydrogen-bond acceptors (Lipinski definition) is 2. The zero-order chi connectivity index (χ0) is 6.85. The topological polar surface area (TPSA) is 26.0 Å². The smallest absolute Gasteiger partial charge is 0.778 e. The fourth-order valence-electron chi connectivity index (χ4n) is 0.519. The molecule has 48 valence electrons. The van der Waals surface area contributed by atoms with Crippen molar-refractivity contribution in [3.63, 3.8) is 0 Å². The van der Waals surface area contributed by atoms with Gasteiger partial charge in [-0.25, -0.2) is 0 Å². The van der Waals surface area contributed by atoms with Crippen molar-refractivity contribution in [2.45, 2.75) is 4.90 Å². The van der Waals surface area contributed by atoms with Crippen molar-refractivity contribution < 1.29 is 29.6 Å². The molecule has 0 unspecified atom stereocenters. The molecule has 0 heterocycles. The molecule has 0 amide bonds. The minimum atomic E-state index is 0. The van der Waals surface area contributed by atoms with Crippen LogP contribution in [0.4, 0.5) is 5.69 Å². The third kappa shape index (κ3) is 2.64. The third-order valence-corrected chi connectivity index (χ3v) is 1.58. The minimum Gasteiger partial charge on any atom is -0.778 e. The summed E-state index contributed by atoms with van der Waals surface area (Å²) >= 11 is 10.4. The maximum absolute atomic E-state index is 5.59. The maximum Gasteiger partial charge on any atom is 1.00 e. The van der Waals surface area contributed by atoms with E-state index in [2.05, 4.69) is 0 Å². The SMILES string of the molecule is Nc1cc(Cl)ccc1[S-].[Na+]. The molecule has 0 spiro atoms. The van der Waals surface area contributed by atoms with Gasteiger partial charge in [0.1, 0.15) is 0 Å². The molecule has 0 aliphatic heterocycles. The van der Waals surface area contributed by atoms with Gasteiger partial charge in [-0.3, -0.25) is 0 Å². The average molecular weight is 182 g/mol. The van der Waals surface area contributed by atoms with E-state index in [1.165, 1.54) is 0 Å². The standard InChI is InChI=1S/C6H6ClNS.Na/c7-4-1-2-6(9)5(8)3-4;/h1-3,9H,8H2;/q;+1/p-1. The van der Waals surface area contributed by atoms with Crippen LogP contribution in [0.15, 0.2) is 23.1 Å². The number of nitrogens with two attached hydrogens (primary N) is 1. The summed E-state index contributed by atoms with van der Waals surface area (Å²) in [6.07, 6.45) is 0. The van der Waals surface area contributed by atoms with Crippen LogP contribution in [0.3, 0.4) is 0 Å². The van der Waals surface area contributed by atoms with Crippen LogP contribution in [-0.2, 0) is 12.6 Å². The summed E-state index contributed by atoms with van der Waals surface area (Å²) < 4.78 is 0. The molecule has 0 bridgehead atoms. The summed E-state index contributed by atoms with van der Waals surface area (Å²) in [5.74, 6) is 0. The van der Waals surface area contributed by atoms with Crippen LogP contribution < -0.4 is 35.3 Å². The summed E-state index contributed by atoms with van der Waals surface area (Å²) in [5.41, 5.74) is 6.00. The zero-order valence-electron chi connectivity index (χ0n) is 5.60. The Kier molecular flexibility index (Phi) is 4.65. The Morgan fingerprint density at radius 3 is 2.40 bits per heavy atom. The van der Waals surface area contributed by atoms with Gasteiger partial charge in [0.25, 0.3) is 0 Å². The summed E-state index contributed by atoms with van der Waals surface area (Å²) in [6.45, 7) is 0. The van der Waals surface area contributed by atoms with Gasteiger partial charge in [-0.1, -0.05) is 17.7 Å². The second-order valence-corrected chi connectivity index (χ2v) is 2.56. The predicted molar refractivity (Wildman–Crippen MR) is 41.5 cm³/mol. The van der Waals surface area contributed by atoms with E-state index in [-0.39, 0.29) is 29.6 Å². The Morgan fingerprint density at radius 2 is 2.00 bits per heavy atom. The minimum absolute atomic E-state index is 0. The van der Waals surface area contributed by atoms with E-state index in [1.807, 2.05) is 0 Å².